The van der Waals surface area contributed by atoms with Gasteiger partial charge in [-0.05, 0) is 30.7 Å². The Hall–Kier alpha value is -2.38. The number of carbonyl (C=O) groups excluding carboxylic acids is 1. The third kappa shape index (κ3) is 4.54. The first-order valence-electron chi connectivity index (χ1n) is 6.92. The molecule has 0 saturated heterocycles. The van der Waals surface area contributed by atoms with Gasteiger partial charge in [-0.1, -0.05) is 12.1 Å². The lowest BCUT2D eigenvalue weighted by Crippen LogP contribution is -2.33. The van der Waals surface area contributed by atoms with E-state index in [0.717, 1.165) is 16.9 Å². The van der Waals surface area contributed by atoms with Crippen molar-refractivity contribution < 1.29 is 22.4 Å². The molecule has 0 unspecified atom stereocenters. The van der Waals surface area contributed by atoms with Crippen LogP contribution in [0.2, 0.25) is 0 Å². The van der Waals surface area contributed by atoms with Crippen molar-refractivity contribution in [1.82, 2.24) is 14.7 Å². The highest BCUT2D eigenvalue weighted by atomic mass is 19.4. The highest BCUT2D eigenvalue weighted by Crippen LogP contribution is 2.27. The van der Waals surface area contributed by atoms with Crippen molar-refractivity contribution in [1.29, 1.82) is 0 Å². The van der Waals surface area contributed by atoms with Crippen LogP contribution in [-0.2, 0) is 24.1 Å². The number of nitrogens with zero attached hydrogens (tertiary/aromatic N) is 3. The van der Waals surface area contributed by atoms with Crippen LogP contribution in [0.25, 0.3) is 0 Å². The van der Waals surface area contributed by atoms with Crippen molar-refractivity contribution in [2.75, 3.05) is 6.54 Å². The highest BCUT2D eigenvalue weighted by molar-refractivity contribution is 5.75. The van der Waals surface area contributed by atoms with Crippen molar-refractivity contribution in [2.45, 2.75) is 26.2 Å². The summed E-state index contributed by atoms with van der Waals surface area (Å²) in [4.78, 5) is 13.6. The average Bonchev–Trinajstić information content (AvgIpc) is 2.93. The van der Waals surface area contributed by atoms with Crippen LogP contribution >= 0.6 is 0 Å². The molecule has 1 aromatic carbocycles. The molecule has 0 atom stereocenters. The molecule has 0 radical (unpaired) electrons. The first kappa shape index (κ1) is 17.0. The molecule has 8 heteroatoms. The van der Waals surface area contributed by atoms with Gasteiger partial charge in [0.15, 0.2) is 5.69 Å². The van der Waals surface area contributed by atoms with Crippen LogP contribution in [-0.4, -0.2) is 27.1 Å². The van der Waals surface area contributed by atoms with E-state index in [0.29, 0.717) is 12.1 Å². The minimum atomic E-state index is -4.54. The normalized spacial score (nSPS) is 11.5. The number of hydrogen-bond acceptors (Lipinski definition) is 2. The number of rotatable bonds is 5. The molecule has 124 valence electrons. The van der Waals surface area contributed by atoms with E-state index in [1.54, 1.807) is 13.0 Å². The molecule has 4 nitrogen and oxygen atoms in total. The standard InChI is InChI=1S/C15H15F4N3O/c1-2-21(9-11-4-3-5-12(16)8-11)14(23)10-22-7-6-13(20-22)15(17,18)19/h3-8H,2,9-10H2,1H3. The molecule has 0 aliphatic carbocycles. The van der Waals surface area contributed by atoms with E-state index in [9.17, 15) is 22.4 Å². The minimum absolute atomic E-state index is 0.181. The van der Waals surface area contributed by atoms with Gasteiger partial charge in [0.1, 0.15) is 12.4 Å². The number of carbonyl (C=O) groups is 1. The van der Waals surface area contributed by atoms with Crippen LogP contribution in [0, 0.1) is 5.82 Å². The zero-order valence-electron chi connectivity index (χ0n) is 12.3. The summed E-state index contributed by atoms with van der Waals surface area (Å²) in [7, 11) is 0. The summed E-state index contributed by atoms with van der Waals surface area (Å²) >= 11 is 0. The molecule has 1 amide bonds. The summed E-state index contributed by atoms with van der Waals surface area (Å²) in [6.07, 6.45) is -3.43. The molecule has 0 bridgehead atoms. The Morgan fingerprint density at radius 2 is 2.04 bits per heavy atom. The molecule has 0 fully saturated rings. The van der Waals surface area contributed by atoms with E-state index in [1.807, 2.05) is 0 Å². The second-order valence-corrected chi connectivity index (χ2v) is 4.93. The van der Waals surface area contributed by atoms with Crippen molar-refractivity contribution >= 4 is 5.91 Å². The fourth-order valence-corrected chi connectivity index (χ4v) is 2.07. The van der Waals surface area contributed by atoms with Gasteiger partial charge in [-0.3, -0.25) is 9.48 Å². The van der Waals surface area contributed by atoms with Gasteiger partial charge in [0.2, 0.25) is 5.91 Å². The largest absolute Gasteiger partial charge is 0.435 e. The van der Waals surface area contributed by atoms with Crippen molar-refractivity contribution in [3.05, 3.63) is 53.6 Å². The second kappa shape index (κ2) is 6.80. The summed E-state index contributed by atoms with van der Waals surface area (Å²) in [5, 5.41) is 3.34. The first-order chi connectivity index (χ1) is 10.8. The Bertz CT molecular complexity index is 681. The molecule has 1 aromatic heterocycles. The maximum absolute atomic E-state index is 13.2. The number of hydrogen-bond donors (Lipinski definition) is 0. The molecule has 0 spiro atoms. The highest BCUT2D eigenvalue weighted by Gasteiger charge is 2.33. The van der Waals surface area contributed by atoms with E-state index in [-0.39, 0.29) is 13.1 Å². The van der Waals surface area contributed by atoms with Gasteiger partial charge in [0.05, 0.1) is 0 Å². The van der Waals surface area contributed by atoms with Crippen LogP contribution < -0.4 is 0 Å². The van der Waals surface area contributed by atoms with Gasteiger partial charge in [-0.25, -0.2) is 4.39 Å². The van der Waals surface area contributed by atoms with Crippen LogP contribution in [0.15, 0.2) is 36.5 Å². The summed E-state index contributed by atoms with van der Waals surface area (Å²) in [6, 6.07) is 6.63. The molecule has 2 rings (SSSR count). The summed E-state index contributed by atoms with van der Waals surface area (Å²) in [5.41, 5.74) is -0.435. The van der Waals surface area contributed by atoms with E-state index in [1.165, 1.54) is 23.1 Å². The monoisotopic (exact) mass is 329 g/mol. The van der Waals surface area contributed by atoms with E-state index in [4.69, 9.17) is 0 Å². The average molecular weight is 329 g/mol. The maximum Gasteiger partial charge on any atom is 0.435 e. The molecular formula is C15H15F4N3O. The summed E-state index contributed by atoms with van der Waals surface area (Å²) in [6.45, 7) is 1.96. The molecule has 1 heterocycles. The lowest BCUT2D eigenvalue weighted by atomic mass is 10.2. The van der Waals surface area contributed by atoms with Crippen LogP contribution in [0.4, 0.5) is 17.6 Å². The zero-order chi connectivity index (χ0) is 17.0. The Morgan fingerprint density at radius 1 is 1.30 bits per heavy atom. The van der Waals surface area contributed by atoms with Crippen molar-refractivity contribution in [3.8, 4) is 0 Å². The summed E-state index contributed by atoms with van der Waals surface area (Å²) in [5.74, 6) is -0.804. The van der Waals surface area contributed by atoms with E-state index >= 15 is 0 Å². The van der Waals surface area contributed by atoms with Gasteiger partial charge < -0.3 is 4.90 Å². The number of amides is 1. The minimum Gasteiger partial charge on any atom is -0.337 e. The predicted octanol–water partition coefficient (Wildman–Crippen LogP) is 3.09. The van der Waals surface area contributed by atoms with Gasteiger partial charge in [-0.2, -0.15) is 18.3 Å². The number of aromatic nitrogens is 2. The topological polar surface area (TPSA) is 38.1 Å². The smallest absolute Gasteiger partial charge is 0.337 e. The Kier molecular flexibility index (Phi) is 5.02. The van der Waals surface area contributed by atoms with Crippen LogP contribution in [0.1, 0.15) is 18.2 Å². The van der Waals surface area contributed by atoms with E-state index < -0.39 is 23.6 Å². The van der Waals surface area contributed by atoms with Gasteiger partial charge >= 0.3 is 6.18 Å². The zero-order valence-corrected chi connectivity index (χ0v) is 12.3. The molecule has 0 saturated carbocycles. The van der Waals surface area contributed by atoms with Gasteiger partial charge in [0, 0.05) is 19.3 Å². The Morgan fingerprint density at radius 3 is 2.61 bits per heavy atom. The fourth-order valence-electron chi connectivity index (χ4n) is 2.07. The molecule has 0 N–H and O–H groups in total. The Labute approximate surface area is 130 Å². The van der Waals surface area contributed by atoms with Crippen molar-refractivity contribution in [3.63, 3.8) is 0 Å². The fraction of sp³-hybridized carbons (Fsp3) is 0.333. The van der Waals surface area contributed by atoms with Gasteiger partial charge in [-0.15, -0.1) is 0 Å². The molecule has 2 aromatic rings. The number of likely N-dealkylation sites (N-methyl/N-ethyl adjacent to an activating group) is 1. The first-order valence-corrected chi connectivity index (χ1v) is 6.92. The second-order valence-electron chi connectivity index (χ2n) is 4.93. The summed E-state index contributed by atoms with van der Waals surface area (Å²) < 4.78 is 51.5. The Balaban J connectivity index is 2.04. The van der Waals surface area contributed by atoms with E-state index in [2.05, 4.69) is 5.10 Å². The predicted molar refractivity (Wildman–Crippen MR) is 74.7 cm³/mol. The third-order valence-corrected chi connectivity index (χ3v) is 3.23. The number of halogens is 4. The quantitative estimate of drug-likeness (QED) is 0.791. The number of benzene rings is 1. The van der Waals surface area contributed by atoms with Crippen LogP contribution in [0.5, 0.6) is 0 Å². The third-order valence-electron chi connectivity index (χ3n) is 3.23. The molecule has 0 aliphatic heterocycles. The molecule has 23 heavy (non-hydrogen) atoms. The lowest BCUT2D eigenvalue weighted by molar-refractivity contribution is -0.142. The SMILES string of the molecule is CCN(Cc1cccc(F)c1)C(=O)Cn1ccc(C(F)(F)F)n1. The van der Waals surface area contributed by atoms with Crippen molar-refractivity contribution in [2.24, 2.45) is 0 Å². The molecular weight excluding hydrogens is 314 g/mol. The molecule has 0 aliphatic rings. The van der Waals surface area contributed by atoms with Gasteiger partial charge in [0.25, 0.3) is 0 Å². The lowest BCUT2D eigenvalue weighted by Gasteiger charge is -2.21. The van der Waals surface area contributed by atoms with Crippen LogP contribution in [0.3, 0.4) is 0 Å². The number of alkyl halides is 3. The maximum atomic E-state index is 13.2.